The van der Waals surface area contributed by atoms with Gasteiger partial charge in [-0.15, -0.1) is 11.6 Å². The number of alkyl halides is 1. The number of carboxylic acids is 1. The Morgan fingerprint density at radius 1 is 1.50 bits per heavy atom. The van der Waals surface area contributed by atoms with E-state index in [4.69, 9.17) is 16.7 Å². The van der Waals surface area contributed by atoms with Crippen LogP contribution in [-0.4, -0.2) is 21.8 Å². The van der Waals surface area contributed by atoms with Crippen LogP contribution in [0, 0.1) is 10.1 Å². The summed E-state index contributed by atoms with van der Waals surface area (Å²) in [6.45, 7) is 1.27. The van der Waals surface area contributed by atoms with Gasteiger partial charge >= 0.3 is 5.97 Å². The number of carbonyl (C=O) groups excluding carboxylic acids is 1. The molecule has 0 saturated heterocycles. The molecule has 7 heteroatoms. The monoisotopic (exact) mass is 271 g/mol. The SMILES string of the molecule is CC(=O)C(Cl)c1ccc([N+](=O)[O-])cc1CC(=O)O. The molecule has 0 saturated carbocycles. The normalized spacial score (nSPS) is 11.9. The van der Waals surface area contributed by atoms with E-state index in [0.29, 0.717) is 0 Å². The Hall–Kier alpha value is -1.95. The van der Waals surface area contributed by atoms with E-state index in [1.165, 1.54) is 19.1 Å². The van der Waals surface area contributed by atoms with Crippen LogP contribution in [0.3, 0.4) is 0 Å². The number of non-ortho nitro benzene ring substituents is 1. The highest BCUT2D eigenvalue weighted by atomic mass is 35.5. The molecular formula is C11H10ClNO5. The Morgan fingerprint density at radius 2 is 2.11 bits per heavy atom. The maximum absolute atomic E-state index is 11.2. The summed E-state index contributed by atoms with van der Waals surface area (Å²) >= 11 is 5.85. The summed E-state index contributed by atoms with van der Waals surface area (Å²) in [6, 6.07) is 3.64. The second-order valence-corrected chi connectivity index (χ2v) is 4.12. The predicted molar refractivity (Wildman–Crippen MR) is 63.7 cm³/mol. The van der Waals surface area contributed by atoms with Gasteiger partial charge in [0.2, 0.25) is 0 Å². The number of carboxylic acid groups (broad SMARTS) is 1. The quantitative estimate of drug-likeness (QED) is 0.502. The summed E-state index contributed by atoms with van der Waals surface area (Å²) in [5, 5.41) is 18.4. The van der Waals surface area contributed by atoms with Crippen molar-refractivity contribution in [2.24, 2.45) is 0 Å². The molecular weight excluding hydrogens is 262 g/mol. The van der Waals surface area contributed by atoms with Crippen LogP contribution >= 0.6 is 11.6 Å². The number of carbonyl (C=O) groups is 2. The van der Waals surface area contributed by atoms with E-state index in [2.05, 4.69) is 0 Å². The average molecular weight is 272 g/mol. The molecule has 0 fully saturated rings. The maximum atomic E-state index is 11.2. The third-order valence-electron chi connectivity index (χ3n) is 2.31. The minimum atomic E-state index is -1.15. The van der Waals surface area contributed by atoms with Gasteiger partial charge in [0.05, 0.1) is 11.3 Å². The number of hydrogen-bond acceptors (Lipinski definition) is 4. The number of hydrogen-bond donors (Lipinski definition) is 1. The highest BCUT2D eigenvalue weighted by Crippen LogP contribution is 2.28. The molecule has 0 spiro atoms. The third-order valence-corrected chi connectivity index (χ3v) is 2.85. The van der Waals surface area contributed by atoms with Gasteiger partial charge in [-0.05, 0) is 24.1 Å². The van der Waals surface area contributed by atoms with Crippen LogP contribution in [0.4, 0.5) is 5.69 Å². The highest BCUT2D eigenvalue weighted by molar-refractivity contribution is 6.30. The van der Waals surface area contributed by atoms with Gasteiger partial charge in [-0.25, -0.2) is 0 Å². The van der Waals surface area contributed by atoms with Gasteiger partial charge in [0.1, 0.15) is 5.38 Å². The molecule has 0 aliphatic rings. The van der Waals surface area contributed by atoms with Gasteiger partial charge in [-0.3, -0.25) is 19.7 Å². The van der Waals surface area contributed by atoms with Gasteiger partial charge in [-0.2, -0.15) is 0 Å². The number of nitrogens with zero attached hydrogens (tertiary/aromatic N) is 1. The minimum absolute atomic E-state index is 0.173. The largest absolute Gasteiger partial charge is 0.481 e. The lowest BCUT2D eigenvalue weighted by Crippen LogP contribution is -2.09. The number of rotatable bonds is 5. The Labute approximate surface area is 107 Å². The molecule has 1 aromatic carbocycles. The smallest absolute Gasteiger partial charge is 0.307 e. The fraction of sp³-hybridized carbons (Fsp3) is 0.273. The molecule has 1 atom stereocenters. The van der Waals surface area contributed by atoms with Crippen molar-refractivity contribution >= 4 is 29.0 Å². The molecule has 1 aromatic rings. The van der Waals surface area contributed by atoms with Gasteiger partial charge in [0, 0.05) is 12.1 Å². The Morgan fingerprint density at radius 3 is 2.56 bits per heavy atom. The van der Waals surface area contributed by atoms with Crippen molar-refractivity contribution < 1.29 is 19.6 Å². The number of halogens is 1. The van der Waals surface area contributed by atoms with Crippen LogP contribution in [0.25, 0.3) is 0 Å². The first-order valence-corrected chi connectivity index (χ1v) is 5.40. The molecule has 0 aliphatic heterocycles. The van der Waals surface area contributed by atoms with E-state index in [1.807, 2.05) is 0 Å². The van der Waals surface area contributed by atoms with Crippen molar-refractivity contribution in [1.29, 1.82) is 0 Å². The summed E-state index contributed by atoms with van der Waals surface area (Å²) in [5.74, 6) is -1.50. The van der Waals surface area contributed by atoms with Crippen LogP contribution in [0.1, 0.15) is 23.4 Å². The summed E-state index contributed by atoms with van der Waals surface area (Å²) < 4.78 is 0. The van der Waals surface area contributed by atoms with E-state index in [-0.39, 0.29) is 22.6 Å². The number of aliphatic carboxylic acids is 1. The molecule has 1 N–H and O–H groups in total. The van der Waals surface area contributed by atoms with Crippen LogP contribution < -0.4 is 0 Å². The molecule has 0 aromatic heterocycles. The number of benzene rings is 1. The van der Waals surface area contributed by atoms with E-state index < -0.39 is 22.7 Å². The molecule has 96 valence electrons. The lowest BCUT2D eigenvalue weighted by Gasteiger charge is -2.11. The van der Waals surface area contributed by atoms with E-state index in [9.17, 15) is 19.7 Å². The Balaban J connectivity index is 3.28. The van der Waals surface area contributed by atoms with Crippen molar-refractivity contribution in [3.63, 3.8) is 0 Å². The minimum Gasteiger partial charge on any atom is -0.481 e. The summed E-state index contributed by atoms with van der Waals surface area (Å²) in [4.78, 5) is 31.9. The summed E-state index contributed by atoms with van der Waals surface area (Å²) in [6.07, 6.45) is -0.423. The summed E-state index contributed by atoms with van der Waals surface area (Å²) in [5.41, 5.74) is 0.228. The zero-order chi connectivity index (χ0) is 13.9. The molecule has 1 rings (SSSR count). The molecule has 18 heavy (non-hydrogen) atoms. The number of Topliss-reactive ketones (excluding diaryl/α,β-unsaturated/α-hetero) is 1. The maximum Gasteiger partial charge on any atom is 0.307 e. The average Bonchev–Trinajstić information content (AvgIpc) is 2.26. The van der Waals surface area contributed by atoms with Gasteiger partial charge in [-0.1, -0.05) is 0 Å². The van der Waals surface area contributed by atoms with Crippen LogP contribution in [-0.2, 0) is 16.0 Å². The molecule has 0 bridgehead atoms. The summed E-state index contributed by atoms with van der Waals surface area (Å²) in [7, 11) is 0. The molecule has 0 amide bonds. The van der Waals surface area contributed by atoms with E-state index >= 15 is 0 Å². The van der Waals surface area contributed by atoms with Crippen molar-refractivity contribution in [2.75, 3.05) is 0 Å². The van der Waals surface area contributed by atoms with Crippen LogP contribution in [0.15, 0.2) is 18.2 Å². The van der Waals surface area contributed by atoms with Crippen LogP contribution in [0.2, 0.25) is 0 Å². The fourth-order valence-corrected chi connectivity index (χ4v) is 1.70. The standard InChI is InChI=1S/C11H10ClNO5/c1-6(14)11(12)9-3-2-8(13(17)18)4-7(9)5-10(15)16/h2-4,11H,5H2,1H3,(H,15,16). The van der Waals surface area contributed by atoms with Crippen molar-refractivity contribution in [3.05, 3.63) is 39.4 Å². The van der Waals surface area contributed by atoms with Crippen molar-refractivity contribution in [2.45, 2.75) is 18.7 Å². The Kier molecular flexibility index (Phi) is 4.38. The zero-order valence-electron chi connectivity index (χ0n) is 9.42. The first kappa shape index (κ1) is 14.1. The van der Waals surface area contributed by atoms with Crippen molar-refractivity contribution in [1.82, 2.24) is 0 Å². The lowest BCUT2D eigenvalue weighted by molar-refractivity contribution is -0.384. The number of nitro groups is 1. The predicted octanol–water partition coefficient (Wildman–Crippen LogP) is 2.09. The van der Waals surface area contributed by atoms with E-state index in [0.717, 1.165) is 6.07 Å². The molecule has 0 radical (unpaired) electrons. The highest BCUT2D eigenvalue weighted by Gasteiger charge is 2.21. The Bertz CT molecular complexity index is 514. The second-order valence-electron chi connectivity index (χ2n) is 3.68. The number of ketones is 1. The molecule has 0 aliphatic carbocycles. The third kappa shape index (κ3) is 3.27. The van der Waals surface area contributed by atoms with E-state index in [1.54, 1.807) is 0 Å². The molecule has 0 heterocycles. The molecule has 1 unspecified atom stereocenters. The first-order chi connectivity index (χ1) is 8.32. The fourth-order valence-electron chi connectivity index (χ4n) is 1.49. The van der Waals surface area contributed by atoms with Gasteiger partial charge in [0.25, 0.3) is 5.69 Å². The molecule has 6 nitrogen and oxygen atoms in total. The van der Waals surface area contributed by atoms with Crippen molar-refractivity contribution in [3.8, 4) is 0 Å². The first-order valence-electron chi connectivity index (χ1n) is 4.96. The van der Waals surface area contributed by atoms with Crippen LogP contribution in [0.5, 0.6) is 0 Å². The van der Waals surface area contributed by atoms with Gasteiger partial charge < -0.3 is 5.11 Å². The number of nitro benzene ring substituents is 1. The zero-order valence-corrected chi connectivity index (χ0v) is 10.2. The lowest BCUT2D eigenvalue weighted by atomic mass is 9.99. The second kappa shape index (κ2) is 5.59. The van der Waals surface area contributed by atoms with Gasteiger partial charge in [0.15, 0.2) is 5.78 Å². The topological polar surface area (TPSA) is 97.5 Å².